The molecule has 0 spiro atoms. The first-order chi connectivity index (χ1) is 15.7. The lowest BCUT2D eigenvalue weighted by atomic mass is 9.99. The van der Waals surface area contributed by atoms with Crippen LogP contribution < -0.4 is 21.3 Å². The molecule has 4 heteroatoms. The SMILES string of the molecule is C=CC(C)(C)NC(C)(C)C.C=CC(C)NC(C)C=C.C=CCNC(C)C=C.C=CCNCC=C. The Bertz CT molecular complexity index is 520. The van der Waals surface area contributed by atoms with E-state index in [0.717, 1.165) is 19.6 Å². The van der Waals surface area contributed by atoms with Gasteiger partial charge in [0.25, 0.3) is 0 Å². The van der Waals surface area contributed by atoms with Crippen LogP contribution in [0, 0.1) is 0 Å². The van der Waals surface area contributed by atoms with E-state index in [9.17, 15) is 0 Å². The minimum absolute atomic E-state index is 0.0399. The summed E-state index contributed by atoms with van der Waals surface area (Å²) < 4.78 is 0. The molecule has 198 valence electrons. The molecule has 0 heterocycles. The molecule has 0 aromatic rings. The van der Waals surface area contributed by atoms with E-state index in [1.54, 1.807) is 0 Å². The van der Waals surface area contributed by atoms with Gasteiger partial charge in [0, 0.05) is 48.8 Å². The van der Waals surface area contributed by atoms with Gasteiger partial charge in [-0.15, -0.1) is 46.1 Å². The van der Waals surface area contributed by atoms with Crippen LogP contribution >= 0.6 is 0 Å². The van der Waals surface area contributed by atoms with Crippen molar-refractivity contribution >= 4 is 0 Å². The highest BCUT2D eigenvalue weighted by Gasteiger charge is 2.19. The molecule has 0 aliphatic carbocycles. The van der Waals surface area contributed by atoms with Crippen LogP contribution in [-0.4, -0.2) is 48.8 Å². The quantitative estimate of drug-likeness (QED) is 0.175. The van der Waals surface area contributed by atoms with Gasteiger partial charge in [-0.05, 0) is 55.4 Å². The molecule has 4 N–H and O–H groups in total. The summed E-state index contributed by atoms with van der Waals surface area (Å²) >= 11 is 0. The molecule has 4 nitrogen and oxygen atoms in total. The predicted octanol–water partition coefficient (Wildman–Crippen LogP) is 6.35. The molecule has 3 atom stereocenters. The highest BCUT2D eigenvalue weighted by atomic mass is 15.0. The normalized spacial score (nSPS) is 12.8. The fraction of sp³-hybridized carbons (Fsp3) is 0.533. The van der Waals surface area contributed by atoms with Crippen LogP contribution in [0.3, 0.4) is 0 Å². The third kappa shape index (κ3) is 40.4. The van der Waals surface area contributed by atoms with Gasteiger partial charge in [-0.25, -0.2) is 0 Å². The van der Waals surface area contributed by atoms with Gasteiger partial charge in [0.2, 0.25) is 0 Å². The fourth-order valence-electron chi connectivity index (χ4n) is 2.21. The summed E-state index contributed by atoms with van der Waals surface area (Å²) in [7, 11) is 0. The molecule has 0 fully saturated rings. The number of rotatable bonds is 14. The number of hydrogen-bond acceptors (Lipinski definition) is 4. The molecule has 34 heavy (non-hydrogen) atoms. The van der Waals surface area contributed by atoms with Gasteiger partial charge in [-0.3, -0.25) is 0 Å². The van der Waals surface area contributed by atoms with Crippen molar-refractivity contribution in [3.63, 3.8) is 0 Å². The summed E-state index contributed by atoms with van der Waals surface area (Å²) in [5.74, 6) is 0. The van der Waals surface area contributed by atoms with E-state index in [4.69, 9.17) is 0 Å². The summed E-state index contributed by atoms with van der Waals surface area (Å²) in [6.07, 6.45) is 13.0. The molecule has 0 saturated heterocycles. The Kier molecular flexibility index (Phi) is 29.6. The van der Waals surface area contributed by atoms with Crippen molar-refractivity contribution in [2.75, 3.05) is 19.6 Å². The van der Waals surface area contributed by atoms with Gasteiger partial charge in [-0.2, -0.15) is 0 Å². The number of hydrogen-bond donors (Lipinski definition) is 4. The summed E-state index contributed by atoms with van der Waals surface area (Å²) in [6.45, 7) is 44.8. The zero-order chi connectivity index (χ0) is 27.6. The van der Waals surface area contributed by atoms with Crippen LogP contribution in [0.4, 0.5) is 0 Å². The summed E-state index contributed by atoms with van der Waals surface area (Å²) in [4.78, 5) is 0. The Hall–Kier alpha value is -1.98. The molecule has 0 radical (unpaired) electrons. The minimum atomic E-state index is 0.0399. The highest BCUT2D eigenvalue weighted by molar-refractivity contribution is 4.98. The minimum Gasteiger partial charge on any atom is -0.310 e. The van der Waals surface area contributed by atoms with Crippen molar-refractivity contribution in [3.8, 4) is 0 Å². The smallest absolute Gasteiger partial charge is 0.0309 e. The Labute approximate surface area is 214 Å². The second-order valence-corrected chi connectivity index (χ2v) is 9.47. The van der Waals surface area contributed by atoms with E-state index in [-0.39, 0.29) is 11.1 Å². The molecular formula is C30H58N4. The second-order valence-electron chi connectivity index (χ2n) is 9.47. The third-order valence-corrected chi connectivity index (χ3v) is 3.96. The monoisotopic (exact) mass is 474 g/mol. The molecule has 3 unspecified atom stereocenters. The summed E-state index contributed by atoms with van der Waals surface area (Å²) in [5, 5.41) is 12.9. The standard InChI is InChI=1S/C9H19N.C8H15N.C7H13N.C6H11N/c1-7-9(5,6)10-8(2,3)4;1-5-7(3)9-8(4)6-2;1-4-6-8-7(3)5-2;1-3-5-7-6-4-2/h7,10H,1H2,2-6H3;5-9H,1-2H2,3-4H3;4-5,7-8H,1-2,6H2,3H3;3-4,7H,1-2,5-6H2. The first kappa shape index (κ1) is 39.2. The van der Waals surface area contributed by atoms with Gasteiger partial charge < -0.3 is 21.3 Å². The molecule has 0 aromatic heterocycles. The Morgan fingerprint density at radius 3 is 1.24 bits per heavy atom. The first-order valence-electron chi connectivity index (χ1n) is 12.0. The van der Waals surface area contributed by atoms with Gasteiger partial charge in [-0.1, -0.05) is 42.5 Å². The molecule has 0 aromatic carbocycles. The zero-order valence-electron chi connectivity index (χ0n) is 23.8. The maximum Gasteiger partial charge on any atom is 0.0309 e. The van der Waals surface area contributed by atoms with Gasteiger partial charge in [0.05, 0.1) is 0 Å². The Morgan fingerprint density at radius 2 is 1.00 bits per heavy atom. The lowest BCUT2D eigenvalue weighted by Crippen LogP contribution is -2.48. The molecule has 0 aliphatic heterocycles. The average molecular weight is 475 g/mol. The van der Waals surface area contributed by atoms with Crippen LogP contribution in [-0.2, 0) is 0 Å². The van der Waals surface area contributed by atoms with Crippen molar-refractivity contribution in [2.45, 2.75) is 84.6 Å². The van der Waals surface area contributed by atoms with E-state index < -0.39 is 0 Å². The largest absolute Gasteiger partial charge is 0.310 e. The average Bonchev–Trinajstić information content (AvgIpc) is 2.77. The van der Waals surface area contributed by atoms with Crippen molar-refractivity contribution in [1.29, 1.82) is 0 Å². The number of nitrogens with one attached hydrogen (secondary N) is 4. The van der Waals surface area contributed by atoms with Crippen LogP contribution in [0.1, 0.15) is 55.4 Å². The molecule has 0 amide bonds. The van der Waals surface area contributed by atoms with E-state index >= 15 is 0 Å². The van der Waals surface area contributed by atoms with E-state index in [0.29, 0.717) is 18.1 Å². The van der Waals surface area contributed by atoms with E-state index in [1.165, 1.54) is 0 Å². The zero-order valence-corrected chi connectivity index (χ0v) is 23.8. The molecule has 0 saturated carbocycles. The lowest BCUT2D eigenvalue weighted by Gasteiger charge is -2.32. The molecule has 0 rings (SSSR count). The van der Waals surface area contributed by atoms with E-state index in [1.807, 2.05) is 42.5 Å². The lowest BCUT2D eigenvalue weighted by molar-refractivity contribution is 0.330. The maximum absolute atomic E-state index is 3.75. The Morgan fingerprint density at radius 1 is 0.618 bits per heavy atom. The van der Waals surface area contributed by atoms with Gasteiger partial charge in [0.15, 0.2) is 0 Å². The molecular weight excluding hydrogens is 416 g/mol. The van der Waals surface area contributed by atoms with Crippen LogP contribution in [0.5, 0.6) is 0 Å². The maximum atomic E-state index is 3.75. The Balaban J connectivity index is -0.000000178. The summed E-state index contributed by atoms with van der Waals surface area (Å²) in [5.41, 5.74) is 0.204. The van der Waals surface area contributed by atoms with Gasteiger partial charge >= 0.3 is 0 Å². The van der Waals surface area contributed by atoms with Crippen molar-refractivity contribution < 1.29 is 0 Å². The highest BCUT2D eigenvalue weighted by Crippen LogP contribution is 2.10. The predicted molar refractivity (Wildman–Crippen MR) is 161 cm³/mol. The van der Waals surface area contributed by atoms with Crippen LogP contribution in [0.25, 0.3) is 0 Å². The summed E-state index contributed by atoms with van der Waals surface area (Å²) in [6, 6.07) is 1.14. The third-order valence-electron chi connectivity index (χ3n) is 3.96. The molecule has 0 bridgehead atoms. The van der Waals surface area contributed by atoms with Crippen molar-refractivity contribution in [2.24, 2.45) is 0 Å². The van der Waals surface area contributed by atoms with Crippen molar-refractivity contribution in [3.05, 3.63) is 88.6 Å². The molecule has 0 aliphatic rings. The van der Waals surface area contributed by atoms with Crippen LogP contribution in [0.2, 0.25) is 0 Å². The second kappa shape index (κ2) is 25.6. The van der Waals surface area contributed by atoms with Crippen molar-refractivity contribution in [1.82, 2.24) is 21.3 Å². The topological polar surface area (TPSA) is 48.1 Å². The first-order valence-corrected chi connectivity index (χ1v) is 12.0. The van der Waals surface area contributed by atoms with Crippen LogP contribution in [0.15, 0.2) is 88.6 Å². The fourth-order valence-corrected chi connectivity index (χ4v) is 2.21. The van der Waals surface area contributed by atoms with Gasteiger partial charge in [0.1, 0.15) is 0 Å². The van der Waals surface area contributed by atoms with E-state index in [2.05, 4.69) is 123 Å².